The highest BCUT2D eigenvalue weighted by molar-refractivity contribution is 5.86. The van der Waals surface area contributed by atoms with Crippen molar-refractivity contribution in [1.29, 1.82) is 0 Å². The zero-order valence-corrected chi connectivity index (χ0v) is 24.4. The highest BCUT2D eigenvalue weighted by Crippen LogP contribution is 2.58. The van der Waals surface area contributed by atoms with Gasteiger partial charge in [-0.1, -0.05) is 158 Å². The summed E-state index contributed by atoms with van der Waals surface area (Å²) in [4.78, 5) is 0. The van der Waals surface area contributed by atoms with Gasteiger partial charge in [0, 0.05) is 5.41 Å². The first-order chi connectivity index (χ1) is 21.3. The van der Waals surface area contributed by atoms with Gasteiger partial charge in [-0.05, 0) is 86.0 Å². The second-order valence-electron chi connectivity index (χ2n) is 12.8. The van der Waals surface area contributed by atoms with Crippen molar-refractivity contribution in [1.82, 2.24) is 0 Å². The third kappa shape index (κ3) is 3.44. The van der Waals surface area contributed by atoms with E-state index in [1.54, 1.807) is 11.1 Å². The second-order valence-corrected chi connectivity index (χ2v) is 12.8. The smallest absolute Gasteiger partial charge is 0.0622 e. The molecule has 1 fully saturated rings. The van der Waals surface area contributed by atoms with E-state index in [2.05, 4.69) is 146 Å². The Morgan fingerprint density at radius 3 is 1.49 bits per heavy atom. The van der Waals surface area contributed by atoms with Crippen LogP contribution in [0.5, 0.6) is 0 Å². The predicted octanol–water partition coefficient (Wildman–Crippen LogP) is 10.5. The average molecular weight is 551 g/mol. The molecule has 0 unspecified atom stereocenters. The van der Waals surface area contributed by atoms with Crippen molar-refractivity contribution in [3.63, 3.8) is 0 Å². The Morgan fingerprint density at radius 1 is 0.395 bits per heavy atom. The summed E-state index contributed by atoms with van der Waals surface area (Å²) in [6.07, 6.45) is 6.13. The molecule has 206 valence electrons. The molecule has 43 heavy (non-hydrogen) atoms. The molecular weight excluding hydrogens is 516 g/mol. The van der Waals surface area contributed by atoms with E-state index in [1.807, 2.05) is 0 Å². The molecule has 0 bridgehead atoms. The first-order valence-electron chi connectivity index (χ1n) is 15.9. The third-order valence-electron chi connectivity index (χ3n) is 10.7. The Balaban J connectivity index is 1.20. The molecule has 3 aliphatic rings. The number of benzene rings is 6. The normalized spacial score (nSPS) is 16.5. The first kappa shape index (κ1) is 24.9. The van der Waals surface area contributed by atoms with Crippen LogP contribution in [0.2, 0.25) is 0 Å². The topological polar surface area (TPSA) is 0 Å². The van der Waals surface area contributed by atoms with Gasteiger partial charge in [-0.15, -0.1) is 0 Å². The third-order valence-corrected chi connectivity index (χ3v) is 10.7. The maximum absolute atomic E-state index is 2.56. The van der Waals surface area contributed by atoms with Gasteiger partial charge >= 0.3 is 0 Å². The van der Waals surface area contributed by atoms with Crippen molar-refractivity contribution < 1.29 is 0 Å². The van der Waals surface area contributed by atoms with E-state index >= 15 is 0 Å². The van der Waals surface area contributed by atoms with E-state index in [4.69, 9.17) is 0 Å². The summed E-state index contributed by atoms with van der Waals surface area (Å²) < 4.78 is 0. The summed E-state index contributed by atoms with van der Waals surface area (Å²) >= 11 is 0. The molecule has 0 aromatic heterocycles. The molecule has 0 radical (unpaired) electrons. The van der Waals surface area contributed by atoms with Gasteiger partial charge in [-0.2, -0.15) is 0 Å². The molecule has 0 saturated heterocycles. The molecule has 0 nitrogen and oxygen atoms in total. The summed E-state index contributed by atoms with van der Waals surface area (Å²) in [7, 11) is 0. The fraction of sp³-hybridized carbons (Fsp3) is 0.163. The van der Waals surface area contributed by atoms with Gasteiger partial charge in [0.25, 0.3) is 0 Å². The molecule has 0 heterocycles. The van der Waals surface area contributed by atoms with E-state index in [1.165, 1.54) is 81.3 Å². The molecule has 6 aromatic carbocycles. The fourth-order valence-electron chi connectivity index (χ4n) is 8.97. The summed E-state index contributed by atoms with van der Waals surface area (Å²) in [5.41, 5.74) is 16.8. The van der Waals surface area contributed by atoms with Crippen LogP contribution in [0, 0.1) is 0 Å². The molecule has 0 amide bonds. The van der Waals surface area contributed by atoms with Crippen molar-refractivity contribution >= 4 is 0 Å². The maximum atomic E-state index is 2.56. The zero-order chi connectivity index (χ0) is 28.4. The van der Waals surface area contributed by atoms with Crippen molar-refractivity contribution in [3.8, 4) is 22.3 Å². The number of hydrogen-bond donors (Lipinski definition) is 0. The molecule has 1 spiro atoms. The van der Waals surface area contributed by atoms with Crippen molar-refractivity contribution in [2.75, 3.05) is 0 Å². The molecule has 0 aliphatic heterocycles. The van der Waals surface area contributed by atoms with Crippen molar-refractivity contribution in [2.24, 2.45) is 0 Å². The van der Waals surface area contributed by atoms with E-state index in [9.17, 15) is 0 Å². The van der Waals surface area contributed by atoms with Crippen LogP contribution in [0.25, 0.3) is 22.3 Å². The fourth-order valence-corrected chi connectivity index (χ4v) is 8.97. The van der Waals surface area contributed by atoms with Crippen molar-refractivity contribution in [2.45, 2.75) is 42.9 Å². The van der Waals surface area contributed by atoms with Gasteiger partial charge in [0.2, 0.25) is 0 Å². The molecule has 6 aromatic rings. The Bertz CT molecular complexity index is 1950. The summed E-state index contributed by atoms with van der Waals surface area (Å²) in [5, 5.41) is 0. The quantitative estimate of drug-likeness (QED) is 0.204. The Labute approximate surface area is 254 Å². The lowest BCUT2D eigenvalue weighted by molar-refractivity contribution is 0.549. The van der Waals surface area contributed by atoms with Crippen LogP contribution in [0.4, 0.5) is 0 Å². The highest BCUT2D eigenvalue weighted by atomic mass is 14.5. The van der Waals surface area contributed by atoms with Crippen LogP contribution in [0.15, 0.2) is 146 Å². The minimum absolute atomic E-state index is 0.206. The van der Waals surface area contributed by atoms with Gasteiger partial charge < -0.3 is 0 Å². The standard InChI is InChI=1S/C43H34/c1-3-13-32(14-4-1)43(33-15-5-2-6-16-33)39-20-10-8-18-35(39)37-24-22-31(29-41(37)43)27-30-21-23-36-34-17-7-9-19-38(34)42(40(36)28-30)25-11-12-26-42/h1-10,13-24,28-29H,11-12,25-27H2. The molecule has 0 atom stereocenters. The van der Waals surface area contributed by atoms with Crippen LogP contribution < -0.4 is 0 Å². The Kier molecular flexibility index (Phi) is 5.45. The lowest BCUT2D eigenvalue weighted by Gasteiger charge is -2.34. The van der Waals surface area contributed by atoms with E-state index < -0.39 is 0 Å². The van der Waals surface area contributed by atoms with Crippen LogP contribution in [0.1, 0.15) is 70.2 Å². The van der Waals surface area contributed by atoms with Gasteiger partial charge in [0.15, 0.2) is 0 Å². The lowest BCUT2D eigenvalue weighted by atomic mass is 9.67. The molecule has 0 N–H and O–H groups in total. The minimum atomic E-state index is -0.349. The van der Waals surface area contributed by atoms with Gasteiger partial charge in [-0.25, -0.2) is 0 Å². The summed E-state index contributed by atoms with van der Waals surface area (Å²) in [6.45, 7) is 0. The maximum Gasteiger partial charge on any atom is 0.0713 e. The van der Waals surface area contributed by atoms with Crippen molar-refractivity contribution in [3.05, 3.63) is 190 Å². The Hall–Kier alpha value is -4.68. The lowest BCUT2D eigenvalue weighted by Crippen LogP contribution is -2.28. The van der Waals surface area contributed by atoms with Gasteiger partial charge in [0.05, 0.1) is 5.41 Å². The van der Waals surface area contributed by atoms with Gasteiger partial charge in [-0.3, -0.25) is 0 Å². The molecule has 0 heteroatoms. The van der Waals surface area contributed by atoms with Crippen LogP contribution >= 0.6 is 0 Å². The minimum Gasteiger partial charge on any atom is -0.0622 e. The second kappa shape index (κ2) is 9.41. The number of fused-ring (bicyclic) bond motifs is 8. The van der Waals surface area contributed by atoms with E-state index in [-0.39, 0.29) is 10.8 Å². The average Bonchev–Trinajstić information content (AvgIpc) is 3.75. The molecule has 9 rings (SSSR count). The Morgan fingerprint density at radius 2 is 0.860 bits per heavy atom. The number of rotatable bonds is 4. The molecule has 1 saturated carbocycles. The van der Waals surface area contributed by atoms with E-state index in [0.717, 1.165) is 6.42 Å². The first-order valence-corrected chi connectivity index (χ1v) is 15.9. The predicted molar refractivity (Wildman–Crippen MR) is 178 cm³/mol. The SMILES string of the molecule is c1ccc(C2(c3ccccc3)c3ccccc3-c3ccc(Cc4ccc5c(c4)C4(CCCC4)c4ccccc4-5)cc32)cc1. The zero-order valence-electron chi connectivity index (χ0n) is 24.4. The van der Waals surface area contributed by atoms with Crippen LogP contribution in [-0.4, -0.2) is 0 Å². The summed E-state index contributed by atoms with van der Waals surface area (Å²) in [5.74, 6) is 0. The largest absolute Gasteiger partial charge is 0.0713 e. The van der Waals surface area contributed by atoms with Crippen LogP contribution in [0.3, 0.4) is 0 Å². The highest BCUT2D eigenvalue weighted by Gasteiger charge is 2.47. The summed E-state index contributed by atoms with van der Waals surface area (Å²) in [6, 6.07) is 55.1. The van der Waals surface area contributed by atoms with E-state index in [0.29, 0.717) is 0 Å². The van der Waals surface area contributed by atoms with Crippen LogP contribution in [-0.2, 0) is 17.3 Å². The molecule has 3 aliphatic carbocycles. The molecular formula is C43H34. The monoisotopic (exact) mass is 550 g/mol. The number of hydrogen-bond acceptors (Lipinski definition) is 0. The van der Waals surface area contributed by atoms with Gasteiger partial charge in [0.1, 0.15) is 0 Å².